The molecule has 0 aromatic carbocycles. The zero-order valence-electron chi connectivity index (χ0n) is 15.0. The van der Waals surface area contributed by atoms with Crippen molar-refractivity contribution < 1.29 is 19.1 Å². The number of nitrogens with zero attached hydrogens (tertiary/aromatic N) is 1. The fourth-order valence-electron chi connectivity index (χ4n) is 2.99. The fraction of sp³-hybridized carbons (Fsp3) is 0.353. The van der Waals surface area contributed by atoms with Crippen molar-refractivity contribution in [2.24, 2.45) is 5.73 Å². The summed E-state index contributed by atoms with van der Waals surface area (Å²) in [5.74, 6) is -1.09. The quantitative estimate of drug-likeness (QED) is 0.658. The van der Waals surface area contributed by atoms with E-state index in [9.17, 15) is 14.4 Å². The number of amides is 3. The summed E-state index contributed by atoms with van der Waals surface area (Å²) in [7, 11) is 1.28. The molecule has 8 nitrogen and oxygen atoms in total. The van der Waals surface area contributed by atoms with E-state index in [-0.39, 0.29) is 5.56 Å². The number of nitrogens with two attached hydrogens (primary N) is 1. The molecule has 0 radical (unpaired) electrons. The van der Waals surface area contributed by atoms with E-state index < -0.39 is 17.9 Å². The molecule has 27 heavy (non-hydrogen) atoms. The number of hydrogen-bond donors (Lipinski definition) is 3. The molecule has 0 atom stereocenters. The number of rotatable bonds is 5. The van der Waals surface area contributed by atoms with E-state index >= 15 is 0 Å². The van der Waals surface area contributed by atoms with Crippen molar-refractivity contribution in [2.45, 2.75) is 19.9 Å². The smallest absolute Gasteiger partial charge is 0.340 e. The molecule has 0 aliphatic carbocycles. The normalized spacial score (nSPS) is 13.7. The van der Waals surface area contributed by atoms with E-state index in [0.717, 1.165) is 36.5 Å². The lowest BCUT2D eigenvalue weighted by Crippen LogP contribution is -2.30. The van der Waals surface area contributed by atoms with Crippen molar-refractivity contribution in [3.05, 3.63) is 32.3 Å². The highest BCUT2D eigenvalue weighted by atomic mass is 32.1. The minimum atomic E-state index is -0.557. The van der Waals surface area contributed by atoms with Gasteiger partial charge in [0.1, 0.15) is 5.00 Å². The van der Waals surface area contributed by atoms with Gasteiger partial charge >= 0.3 is 12.0 Å². The number of primary amides is 1. The van der Waals surface area contributed by atoms with Gasteiger partial charge in [0.25, 0.3) is 5.91 Å². The van der Waals surface area contributed by atoms with Crippen LogP contribution in [0.3, 0.4) is 0 Å². The third-order valence-electron chi connectivity index (χ3n) is 4.37. The summed E-state index contributed by atoms with van der Waals surface area (Å²) in [6, 6.07) is -0.549. The topological polar surface area (TPSA) is 114 Å². The van der Waals surface area contributed by atoms with E-state index in [1.165, 1.54) is 29.8 Å². The van der Waals surface area contributed by atoms with Gasteiger partial charge < -0.3 is 15.8 Å². The molecule has 3 heterocycles. The van der Waals surface area contributed by atoms with Gasteiger partial charge in [0.2, 0.25) is 0 Å². The van der Waals surface area contributed by atoms with Crippen molar-refractivity contribution in [2.75, 3.05) is 30.8 Å². The van der Waals surface area contributed by atoms with Crippen LogP contribution in [-0.2, 0) is 17.7 Å². The van der Waals surface area contributed by atoms with Crippen molar-refractivity contribution >= 4 is 51.3 Å². The van der Waals surface area contributed by atoms with Gasteiger partial charge in [-0.25, -0.2) is 9.59 Å². The summed E-state index contributed by atoms with van der Waals surface area (Å²) in [5.41, 5.74) is 7.48. The molecule has 0 bridgehead atoms. The SMILES string of the molecule is CCN1CCc2c(sc(NC(=O)Nc3cscc3C(=O)OC)c2C(N)=O)C1. The van der Waals surface area contributed by atoms with Gasteiger partial charge in [0.05, 0.1) is 23.9 Å². The molecule has 1 aliphatic rings. The summed E-state index contributed by atoms with van der Waals surface area (Å²) >= 11 is 2.63. The Morgan fingerprint density at radius 2 is 2.07 bits per heavy atom. The number of hydrogen-bond acceptors (Lipinski definition) is 7. The number of urea groups is 1. The predicted octanol–water partition coefficient (Wildman–Crippen LogP) is 2.72. The molecule has 2 aromatic heterocycles. The Bertz CT molecular complexity index is 890. The summed E-state index contributed by atoms with van der Waals surface area (Å²) in [5, 5.41) is 8.99. The van der Waals surface area contributed by atoms with Gasteiger partial charge in [-0.05, 0) is 18.5 Å². The number of fused-ring (bicyclic) bond motifs is 1. The first kappa shape index (κ1) is 19.3. The van der Waals surface area contributed by atoms with E-state index in [0.29, 0.717) is 16.3 Å². The zero-order chi connectivity index (χ0) is 19.6. The number of ether oxygens (including phenoxy) is 1. The number of nitrogens with one attached hydrogen (secondary N) is 2. The minimum Gasteiger partial charge on any atom is -0.465 e. The maximum atomic E-state index is 12.4. The monoisotopic (exact) mass is 408 g/mol. The molecule has 2 aromatic rings. The maximum Gasteiger partial charge on any atom is 0.340 e. The van der Waals surface area contributed by atoms with Crippen LogP contribution in [0, 0.1) is 0 Å². The molecule has 0 saturated carbocycles. The average molecular weight is 409 g/mol. The lowest BCUT2D eigenvalue weighted by molar-refractivity contribution is 0.0602. The molecule has 10 heteroatoms. The van der Waals surface area contributed by atoms with Gasteiger partial charge in [0.15, 0.2) is 0 Å². The van der Waals surface area contributed by atoms with Crippen LogP contribution < -0.4 is 16.4 Å². The molecular formula is C17H20N4O4S2. The molecule has 0 spiro atoms. The Balaban J connectivity index is 1.80. The van der Waals surface area contributed by atoms with Gasteiger partial charge in [0, 0.05) is 28.7 Å². The molecule has 0 unspecified atom stereocenters. The van der Waals surface area contributed by atoms with Gasteiger partial charge in [-0.2, -0.15) is 0 Å². The fourth-order valence-corrected chi connectivity index (χ4v) is 5.03. The minimum absolute atomic E-state index is 0.275. The molecule has 3 amide bonds. The predicted molar refractivity (Wildman–Crippen MR) is 106 cm³/mol. The molecular weight excluding hydrogens is 388 g/mol. The lowest BCUT2D eigenvalue weighted by atomic mass is 10.0. The first-order chi connectivity index (χ1) is 12.9. The summed E-state index contributed by atoms with van der Waals surface area (Å²) in [4.78, 5) is 39.4. The third kappa shape index (κ3) is 3.97. The number of methoxy groups -OCH3 is 1. The highest BCUT2D eigenvalue weighted by Gasteiger charge is 2.27. The van der Waals surface area contributed by atoms with Crippen LogP contribution in [0.2, 0.25) is 0 Å². The van der Waals surface area contributed by atoms with Crippen LogP contribution in [0.4, 0.5) is 15.5 Å². The Morgan fingerprint density at radius 3 is 2.74 bits per heavy atom. The highest BCUT2D eigenvalue weighted by molar-refractivity contribution is 7.17. The van der Waals surface area contributed by atoms with Crippen LogP contribution in [0.15, 0.2) is 10.8 Å². The number of carbonyl (C=O) groups is 3. The molecule has 1 aliphatic heterocycles. The van der Waals surface area contributed by atoms with Gasteiger partial charge in [-0.15, -0.1) is 22.7 Å². The molecule has 0 fully saturated rings. The first-order valence-electron chi connectivity index (χ1n) is 8.33. The second-order valence-corrected chi connectivity index (χ2v) is 7.81. The van der Waals surface area contributed by atoms with Crippen LogP contribution in [0.1, 0.15) is 38.1 Å². The van der Waals surface area contributed by atoms with Crippen molar-refractivity contribution in [1.29, 1.82) is 0 Å². The second-order valence-electron chi connectivity index (χ2n) is 5.96. The van der Waals surface area contributed by atoms with E-state index in [2.05, 4.69) is 22.5 Å². The molecule has 4 N–H and O–H groups in total. The number of carbonyl (C=O) groups excluding carboxylic acids is 3. The van der Waals surface area contributed by atoms with Crippen LogP contribution in [0.5, 0.6) is 0 Å². The Hall–Kier alpha value is -2.43. The number of anilines is 2. The highest BCUT2D eigenvalue weighted by Crippen LogP contribution is 2.37. The number of likely N-dealkylation sites (N-methyl/N-ethyl adjacent to an activating group) is 1. The number of thiophene rings is 2. The number of esters is 1. The molecule has 144 valence electrons. The molecule has 0 saturated heterocycles. The van der Waals surface area contributed by atoms with Crippen LogP contribution in [0.25, 0.3) is 0 Å². The van der Waals surface area contributed by atoms with Crippen molar-refractivity contribution in [3.63, 3.8) is 0 Å². The summed E-state index contributed by atoms with van der Waals surface area (Å²) in [6.07, 6.45) is 0.721. The van der Waals surface area contributed by atoms with E-state index in [4.69, 9.17) is 10.5 Å². The average Bonchev–Trinajstić information content (AvgIpc) is 3.23. The Kier molecular flexibility index (Phi) is 5.78. The summed E-state index contributed by atoms with van der Waals surface area (Å²) < 4.78 is 4.69. The molecule has 3 rings (SSSR count). The van der Waals surface area contributed by atoms with Crippen molar-refractivity contribution in [3.8, 4) is 0 Å². The summed E-state index contributed by atoms with van der Waals surface area (Å²) in [6.45, 7) is 4.58. The third-order valence-corrected chi connectivity index (χ3v) is 6.25. The van der Waals surface area contributed by atoms with Crippen molar-refractivity contribution in [1.82, 2.24) is 4.90 Å². The van der Waals surface area contributed by atoms with E-state index in [1.807, 2.05) is 0 Å². The largest absolute Gasteiger partial charge is 0.465 e. The van der Waals surface area contributed by atoms with Crippen LogP contribution in [-0.4, -0.2) is 43.0 Å². The maximum absolute atomic E-state index is 12.4. The van der Waals surface area contributed by atoms with E-state index in [1.54, 1.807) is 10.8 Å². The standard InChI is InChI=1S/C17H20N4O4S2/c1-3-21-5-4-9-12(6-21)27-15(13(9)14(18)22)20-17(24)19-11-8-26-7-10(11)16(23)25-2/h7-8H,3-6H2,1-2H3,(H2,18,22)(H2,19,20,24). The Morgan fingerprint density at radius 1 is 1.30 bits per heavy atom. The Labute approximate surface area is 164 Å². The first-order valence-corrected chi connectivity index (χ1v) is 10.1. The lowest BCUT2D eigenvalue weighted by Gasteiger charge is -2.25. The van der Waals surface area contributed by atoms with Gasteiger partial charge in [-0.1, -0.05) is 6.92 Å². The second kappa shape index (κ2) is 8.07. The van der Waals surface area contributed by atoms with Gasteiger partial charge in [-0.3, -0.25) is 15.0 Å². The zero-order valence-corrected chi connectivity index (χ0v) is 16.6. The van der Waals surface area contributed by atoms with Crippen LogP contribution >= 0.6 is 22.7 Å².